The summed E-state index contributed by atoms with van der Waals surface area (Å²) >= 11 is 3.54. The van der Waals surface area contributed by atoms with E-state index in [4.69, 9.17) is 4.42 Å². The number of aryl methyl sites for hydroxylation is 1. The molecule has 2 aromatic rings. The van der Waals surface area contributed by atoms with Crippen molar-refractivity contribution in [3.63, 3.8) is 0 Å². The van der Waals surface area contributed by atoms with Crippen LogP contribution in [0.4, 0.5) is 0 Å². The van der Waals surface area contributed by atoms with Gasteiger partial charge in [-0.3, -0.25) is 0 Å². The zero-order valence-corrected chi connectivity index (χ0v) is 11.7. The van der Waals surface area contributed by atoms with Gasteiger partial charge in [-0.15, -0.1) is 0 Å². The summed E-state index contributed by atoms with van der Waals surface area (Å²) < 4.78 is 6.26. The third kappa shape index (κ3) is 2.68. The summed E-state index contributed by atoms with van der Waals surface area (Å²) in [5, 5.41) is 3.61. The lowest BCUT2D eigenvalue weighted by Gasteiger charge is -2.25. The number of furan rings is 1. The zero-order valence-electron chi connectivity index (χ0n) is 10.2. The minimum absolute atomic E-state index is 0.577. The Kier molecular flexibility index (Phi) is 3.52. The molecule has 0 fully saturated rings. The maximum atomic E-state index is 5.08. The molecular formula is C15H16BrNO. The first-order chi connectivity index (χ1) is 8.81. The summed E-state index contributed by atoms with van der Waals surface area (Å²) in [6.07, 6.45) is 7.03. The topological polar surface area (TPSA) is 25.2 Å². The van der Waals surface area contributed by atoms with E-state index in [1.165, 1.54) is 27.6 Å². The second-order valence-corrected chi connectivity index (χ2v) is 5.78. The van der Waals surface area contributed by atoms with Crippen molar-refractivity contribution in [1.82, 2.24) is 5.32 Å². The maximum absolute atomic E-state index is 5.08. The van der Waals surface area contributed by atoms with Crippen molar-refractivity contribution in [2.75, 3.05) is 0 Å². The van der Waals surface area contributed by atoms with Gasteiger partial charge in [0.2, 0.25) is 0 Å². The quantitative estimate of drug-likeness (QED) is 0.935. The molecule has 0 saturated heterocycles. The van der Waals surface area contributed by atoms with Crippen molar-refractivity contribution in [2.45, 2.75) is 31.8 Å². The lowest BCUT2D eigenvalue weighted by atomic mass is 9.88. The summed E-state index contributed by atoms with van der Waals surface area (Å²) in [6.45, 7) is 0.896. The van der Waals surface area contributed by atoms with Gasteiger partial charge in [0.05, 0.1) is 12.5 Å². The van der Waals surface area contributed by atoms with Crippen LogP contribution in [0.3, 0.4) is 0 Å². The van der Waals surface area contributed by atoms with Crippen LogP contribution >= 0.6 is 15.9 Å². The van der Waals surface area contributed by atoms with Crippen molar-refractivity contribution in [1.29, 1.82) is 0 Å². The second-order valence-electron chi connectivity index (χ2n) is 4.87. The van der Waals surface area contributed by atoms with E-state index in [2.05, 4.69) is 39.4 Å². The van der Waals surface area contributed by atoms with E-state index in [1.54, 1.807) is 12.5 Å². The number of hydrogen-bond acceptors (Lipinski definition) is 2. The highest BCUT2D eigenvalue weighted by molar-refractivity contribution is 9.10. The first-order valence-electron chi connectivity index (χ1n) is 6.33. The SMILES string of the molecule is Brc1ccc2c(c1)CCC(NCc1ccoc1)C2. The maximum Gasteiger partial charge on any atom is 0.0947 e. The molecule has 2 nitrogen and oxygen atoms in total. The first-order valence-corrected chi connectivity index (χ1v) is 7.12. The van der Waals surface area contributed by atoms with Gasteiger partial charge in [-0.2, -0.15) is 0 Å². The highest BCUT2D eigenvalue weighted by Gasteiger charge is 2.18. The van der Waals surface area contributed by atoms with Gasteiger partial charge in [-0.1, -0.05) is 22.0 Å². The Bertz CT molecular complexity index is 521. The van der Waals surface area contributed by atoms with Crippen LogP contribution in [0.15, 0.2) is 45.7 Å². The second kappa shape index (κ2) is 5.29. The van der Waals surface area contributed by atoms with Gasteiger partial charge in [0.25, 0.3) is 0 Å². The van der Waals surface area contributed by atoms with Gasteiger partial charge in [-0.25, -0.2) is 0 Å². The van der Waals surface area contributed by atoms with Crippen molar-refractivity contribution < 1.29 is 4.42 Å². The predicted molar refractivity (Wildman–Crippen MR) is 75.5 cm³/mol. The molecule has 1 aromatic carbocycles. The van der Waals surface area contributed by atoms with Crippen LogP contribution in [0, 0.1) is 0 Å². The normalized spacial score (nSPS) is 18.6. The molecule has 1 atom stereocenters. The Morgan fingerprint density at radius 1 is 1.28 bits per heavy atom. The average Bonchev–Trinajstić information content (AvgIpc) is 2.89. The van der Waals surface area contributed by atoms with Gasteiger partial charge in [-0.05, 0) is 48.6 Å². The smallest absolute Gasteiger partial charge is 0.0947 e. The first kappa shape index (κ1) is 12.0. The van der Waals surface area contributed by atoms with Crippen molar-refractivity contribution in [3.8, 4) is 0 Å². The van der Waals surface area contributed by atoms with Crippen molar-refractivity contribution in [2.24, 2.45) is 0 Å². The Balaban J connectivity index is 1.62. The fraction of sp³-hybridized carbons (Fsp3) is 0.333. The molecule has 3 rings (SSSR count). The van der Waals surface area contributed by atoms with Crippen molar-refractivity contribution in [3.05, 3.63) is 58.0 Å². The van der Waals surface area contributed by atoms with E-state index < -0.39 is 0 Å². The van der Waals surface area contributed by atoms with Gasteiger partial charge >= 0.3 is 0 Å². The molecule has 1 aromatic heterocycles. The molecule has 1 aliphatic rings. The van der Waals surface area contributed by atoms with Gasteiger partial charge < -0.3 is 9.73 Å². The van der Waals surface area contributed by atoms with Crippen LogP contribution in [0.2, 0.25) is 0 Å². The van der Waals surface area contributed by atoms with E-state index in [0.29, 0.717) is 6.04 Å². The number of fused-ring (bicyclic) bond motifs is 1. The van der Waals surface area contributed by atoms with Crippen LogP contribution in [0.25, 0.3) is 0 Å². The number of halogens is 1. The molecule has 3 heteroatoms. The van der Waals surface area contributed by atoms with E-state index in [9.17, 15) is 0 Å². The molecule has 1 unspecified atom stereocenters. The molecule has 0 spiro atoms. The van der Waals surface area contributed by atoms with E-state index in [0.717, 1.165) is 19.4 Å². The summed E-state index contributed by atoms with van der Waals surface area (Å²) in [6, 6.07) is 9.22. The summed E-state index contributed by atoms with van der Waals surface area (Å²) in [7, 11) is 0. The minimum atomic E-state index is 0.577. The average molecular weight is 306 g/mol. The largest absolute Gasteiger partial charge is 0.472 e. The highest BCUT2D eigenvalue weighted by atomic mass is 79.9. The Labute approximate surface area is 116 Å². The Morgan fingerprint density at radius 3 is 3.06 bits per heavy atom. The minimum Gasteiger partial charge on any atom is -0.472 e. The molecule has 1 aliphatic carbocycles. The molecule has 0 saturated carbocycles. The van der Waals surface area contributed by atoms with Gasteiger partial charge in [0.1, 0.15) is 0 Å². The van der Waals surface area contributed by atoms with Crippen LogP contribution in [0.5, 0.6) is 0 Å². The summed E-state index contributed by atoms with van der Waals surface area (Å²) in [5.41, 5.74) is 4.19. The van der Waals surface area contributed by atoms with Crippen molar-refractivity contribution >= 4 is 15.9 Å². The highest BCUT2D eigenvalue weighted by Crippen LogP contribution is 2.24. The monoisotopic (exact) mass is 305 g/mol. The van der Waals surface area contributed by atoms with Gasteiger partial charge in [0, 0.05) is 22.6 Å². The summed E-state index contributed by atoms with van der Waals surface area (Å²) in [5.74, 6) is 0. The molecule has 1 N–H and O–H groups in total. The summed E-state index contributed by atoms with van der Waals surface area (Å²) in [4.78, 5) is 0. The molecule has 0 aliphatic heterocycles. The third-order valence-electron chi connectivity index (χ3n) is 3.57. The number of benzene rings is 1. The standard InChI is InChI=1S/C15H16BrNO/c16-14-3-1-13-8-15(4-2-12(13)7-14)17-9-11-5-6-18-10-11/h1,3,5-7,10,15,17H,2,4,8-9H2. The Hall–Kier alpha value is -1.06. The predicted octanol–water partition coefficient (Wildman–Crippen LogP) is 3.69. The van der Waals surface area contributed by atoms with Crippen LogP contribution in [-0.2, 0) is 19.4 Å². The fourth-order valence-electron chi connectivity index (χ4n) is 2.55. The molecule has 0 bridgehead atoms. The van der Waals surface area contributed by atoms with Gasteiger partial charge in [0.15, 0.2) is 0 Å². The van der Waals surface area contributed by atoms with Crippen LogP contribution in [0.1, 0.15) is 23.1 Å². The van der Waals surface area contributed by atoms with E-state index >= 15 is 0 Å². The third-order valence-corrected chi connectivity index (χ3v) is 4.06. The number of rotatable bonds is 3. The molecule has 0 radical (unpaired) electrons. The van der Waals surface area contributed by atoms with Crippen LogP contribution in [-0.4, -0.2) is 6.04 Å². The lowest BCUT2D eigenvalue weighted by Crippen LogP contribution is -2.34. The molecule has 0 amide bonds. The zero-order chi connectivity index (χ0) is 12.4. The molecular weight excluding hydrogens is 290 g/mol. The van der Waals surface area contributed by atoms with E-state index in [1.807, 2.05) is 6.07 Å². The molecule has 94 valence electrons. The molecule has 1 heterocycles. The number of hydrogen-bond donors (Lipinski definition) is 1. The fourth-order valence-corrected chi connectivity index (χ4v) is 2.96. The molecule has 18 heavy (non-hydrogen) atoms. The van der Waals surface area contributed by atoms with E-state index in [-0.39, 0.29) is 0 Å². The lowest BCUT2D eigenvalue weighted by molar-refractivity contribution is 0.455. The number of nitrogens with one attached hydrogen (secondary N) is 1. The Morgan fingerprint density at radius 2 is 2.22 bits per heavy atom. The van der Waals surface area contributed by atoms with Crippen LogP contribution < -0.4 is 5.32 Å².